The van der Waals surface area contributed by atoms with Gasteiger partial charge in [0.1, 0.15) is 0 Å². The fraction of sp³-hybridized carbons (Fsp3) is 0.562. The molecule has 4 heteroatoms. The van der Waals surface area contributed by atoms with Crippen molar-refractivity contribution in [1.82, 2.24) is 4.90 Å². The number of nitrogens with two attached hydrogens (primary N) is 1. The largest absolute Gasteiger partial charge is 0.396 e. The molecule has 0 unspecified atom stereocenters. The number of benzene rings is 1. The minimum absolute atomic E-state index is 0.0595. The molecule has 3 N–H and O–H groups in total. The number of aliphatic hydroxyl groups excluding tert-OH is 1. The molecule has 0 atom stereocenters. The van der Waals surface area contributed by atoms with E-state index in [1.54, 1.807) is 0 Å². The molecule has 0 spiro atoms. The molecule has 2 fully saturated rings. The van der Waals surface area contributed by atoms with Crippen molar-refractivity contribution in [3.05, 3.63) is 35.9 Å². The van der Waals surface area contributed by atoms with Gasteiger partial charge < -0.3 is 15.7 Å². The van der Waals surface area contributed by atoms with E-state index in [1.165, 1.54) is 12.0 Å². The van der Waals surface area contributed by atoms with Crippen LogP contribution in [0.5, 0.6) is 0 Å². The number of nitrogens with zero attached hydrogens (tertiary/aromatic N) is 2. The molecule has 1 saturated heterocycles. The summed E-state index contributed by atoms with van der Waals surface area (Å²) in [5, 5.41) is 9.70. The summed E-state index contributed by atoms with van der Waals surface area (Å²) in [4.78, 5) is 6.60. The Balaban J connectivity index is 1.58. The van der Waals surface area contributed by atoms with E-state index in [9.17, 15) is 5.11 Å². The van der Waals surface area contributed by atoms with Crippen LogP contribution in [0, 0.1) is 5.41 Å². The van der Waals surface area contributed by atoms with Crippen LogP contribution in [0.4, 0.5) is 0 Å². The van der Waals surface area contributed by atoms with Crippen molar-refractivity contribution >= 4 is 5.96 Å². The zero-order valence-corrected chi connectivity index (χ0v) is 11.8. The number of likely N-dealkylation sites (tertiary alicyclic amines) is 1. The molecule has 0 amide bonds. The predicted molar refractivity (Wildman–Crippen MR) is 80.6 cm³/mol. The minimum atomic E-state index is -0.0595. The van der Waals surface area contributed by atoms with Crippen molar-refractivity contribution in [2.75, 3.05) is 26.2 Å². The summed E-state index contributed by atoms with van der Waals surface area (Å²) >= 11 is 0. The van der Waals surface area contributed by atoms with Gasteiger partial charge in [-0.05, 0) is 30.7 Å². The summed E-state index contributed by atoms with van der Waals surface area (Å²) in [6, 6.07) is 10.5. The Morgan fingerprint density at radius 2 is 2.00 bits per heavy atom. The molecule has 108 valence electrons. The Labute approximate surface area is 120 Å². The van der Waals surface area contributed by atoms with E-state index < -0.39 is 0 Å². The number of rotatable bonds is 4. The van der Waals surface area contributed by atoms with Gasteiger partial charge in [0.05, 0.1) is 13.2 Å². The Morgan fingerprint density at radius 1 is 1.30 bits per heavy atom. The number of hydrogen-bond acceptors (Lipinski definition) is 2. The van der Waals surface area contributed by atoms with Crippen LogP contribution >= 0.6 is 0 Å². The molecule has 2 aliphatic rings. The first-order chi connectivity index (χ1) is 9.72. The second-order valence-corrected chi connectivity index (χ2v) is 6.19. The van der Waals surface area contributed by atoms with Crippen LogP contribution in [0.3, 0.4) is 0 Å². The highest BCUT2D eigenvalue weighted by Gasteiger charge is 2.44. The lowest BCUT2D eigenvalue weighted by Crippen LogP contribution is -2.48. The molecule has 3 rings (SSSR count). The van der Waals surface area contributed by atoms with E-state index in [2.05, 4.69) is 34.2 Å². The van der Waals surface area contributed by atoms with Gasteiger partial charge in [-0.15, -0.1) is 0 Å². The molecule has 1 aromatic rings. The third-order valence-electron chi connectivity index (χ3n) is 4.72. The molecule has 1 aliphatic carbocycles. The SMILES string of the molecule is NC(=NCC1(CO)CC(c2ccccc2)C1)N1CCC1. The van der Waals surface area contributed by atoms with Crippen LogP contribution in [0.2, 0.25) is 0 Å². The van der Waals surface area contributed by atoms with Crippen LogP contribution in [0.25, 0.3) is 0 Å². The van der Waals surface area contributed by atoms with Crippen molar-refractivity contribution in [2.45, 2.75) is 25.2 Å². The van der Waals surface area contributed by atoms with E-state index in [0.717, 1.165) is 25.9 Å². The zero-order valence-electron chi connectivity index (χ0n) is 11.8. The number of aliphatic hydroxyl groups is 1. The lowest BCUT2D eigenvalue weighted by Gasteiger charge is -2.46. The number of aliphatic imine (C=N–C) groups is 1. The van der Waals surface area contributed by atoms with Crippen LogP contribution in [-0.4, -0.2) is 42.2 Å². The molecule has 1 aromatic carbocycles. The third kappa shape index (κ3) is 2.52. The van der Waals surface area contributed by atoms with Gasteiger partial charge in [-0.2, -0.15) is 0 Å². The molecular weight excluding hydrogens is 250 g/mol. The van der Waals surface area contributed by atoms with Crippen LogP contribution in [-0.2, 0) is 0 Å². The molecule has 20 heavy (non-hydrogen) atoms. The number of hydrogen-bond donors (Lipinski definition) is 2. The molecular formula is C16H23N3O. The van der Waals surface area contributed by atoms with Gasteiger partial charge in [0.15, 0.2) is 5.96 Å². The van der Waals surface area contributed by atoms with Crippen molar-refractivity contribution in [3.63, 3.8) is 0 Å². The first-order valence-electron chi connectivity index (χ1n) is 7.43. The maximum atomic E-state index is 9.70. The van der Waals surface area contributed by atoms with Gasteiger partial charge in [-0.1, -0.05) is 30.3 Å². The quantitative estimate of drug-likeness (QED) is 0.646. The van der Waals surface area contributed by atoms with E-state index in [-0.39, 0.29) is 12.0 Å². The Morgan fingerprint density at radius 3 is 2.55 bits per heavy atom. The predicted octanol–water partition coefficient (Wildman–Crippen LogP) is 1.56. The van der Waals surface area contributed by atoms with Gasteiger partial charge >= 0.3 is 0 Å². The highest BCUT2D eigenvalue weighted by Crippen LogP contribution is 2.51. The van der Waals surface area contributed by atoms with Gasteiger partial charge in [-0.3, -0.25) is 4.99 Å². The molecule has 1 heterocycles. The standard InChI is InChI=1S/C16H23N3O/c17-15(19-7-4-8-19)18-11-16(12-20)9-14(10-16)13-5-2-1-3-6-13/h1-3,5-6,14,20H,4,7-12H2,(H2,17,18). The topological polar surface area (TPSA) is 61.9 Å². The summed E-state index contributed by atoms with van der Waals surface area (Å²) in [6.07, 6.45) is 3.21. The molecule has 0 bridgehead atoms. The van der Waals surface area contributed by atoms with Crippen molar-refractivity contribution in [2.24, 2.45) is 16.1 Å². The Kier molecular flexibility index (Phi) is 3.66. The first kappa shape index (κ1) is 13.4. The van der Waals surface area contributed by atoms with Crippen molar-refractivity contribution in [3.8, 4) is 0 Å². The Hall–Kier alpha value is -1.55. The lowest BCUT2D eigenvalue weighted by atomic mass is 9.60. The number of guanidine groups is 1. The third-order valence-corrected chi connectivity index (χ3v) is 4.72. The fourth-order valence-electron chi connectivity index (χ4n) is 3.15. The smallest absolute Gasteiger partial charge is 0.191 e. The zero-order chi connectivity index (χ0) is 14.0. The summed E-state index contributed by atoms with van der Waals surface area (Å²) in [7, 11) is 0. The molecule has 0 radical (unpaired) electrons. The Bertz CT molecular complexity index is 476. The van der Waals surface area contributed by atoms with Crippen molar-refractivity contribution < 1.29 is 5.11 Å². The summed E-state index contributed by atoms with van der Waals surface area (Å²) in [6.45, 7) is 2.89. The first-order valence-corrected chi connectivity index (χ1v) is 7.43. The van der Waals surface area contributed by atoms with Gasteiger partial charge in [0, 0.05) is 18.5 Å². The highest BCUT2D eigenvalue weighted by atomic mass is 16.3. The lowest BCUT2D eigenvalue weighted by molar-refractivity contribution is 0.0338. The van der Waals surface area contributed by atoms with E-state index in [1.807, 2.05) is 6.07 Å². The molecule has 1 saturated carbocycles. The van der Waals surface area contributed by atoms with E-state index in [0.29, 0.717) is 18.4 Å². The molecule has 0 aromatic heterocycles. The minimum Gasteiger partial charge on any atom is -0.396 e. The summed E-state index contributed by atoms with van der Waals surface area (Å²) in [5.41, 5.74) is 7.27. The van der Waals surface area contributed by atoms with Crippen LogP contribution < -0.4 is 5.73 Å². The average molecular weight is 273 g/mol. The second-order valence-electron chi connectivity index (χ2n) is 6.19. The van der Waals surface area contributed by atoms with E-state index >= 15 is 0 Å². The average Bonchev–Trinajstić information content (AvgIpc) is 2.37. The summed E-state index contributed by atoms with van der Waals surface area (Å²) < 4.78 is 0. The maximum Gasteiger partial charge on any atom is 0.191 e. The second kappa shape index (κ2) is 5.44. The van der Waals surface area contributed by atoms with E-state index in [4.69, 9.17) is 5.73 Å². The van der Waals surface area contributed by atoms with Gasteiger partial charge in [-0.25, -0.2) is 0 Å². The van der Waals surface area contributed by atoms with Gasteiger partial charge in [0.25, 0.3) is 0 Å². The monoisotopic (exact) mass is 273 g/mol. The highest BCUT2D eigenvalue weighted by molar-refractivity contribution is 5.78. The fourth-order valence-corrected chi connectivity index (χ4v) is 3.15. The van der Waals surface area contributed by atoms with Crippen LogP contribution in [0.15, 0.2) is 35.3 Å². The summed E-state index contributed by atoms with van der Waals surface area (Å²) in [5.74, 6) is 1.20. The maximum absolute atomic E-state index is 9.70. The molecule has 1 aliphatic heterocycles. The normalized spacial score (nSPS) is 29.8. The van der Waals surface area contributed by atoms with Crippen molar-refractivity contribution in [1.29, 1.82) is 0 Å². The van der Waals surface area contributed by atoms with Gasteiger partial charge in [0.2, 0.25) is 0 Å². The van der Waals surface area contributed by atoms with Crippen LogP contribution in [0.1, 0.15) is 30.7 Å². The molecule has 4 nitrogen and oxygen atoms in total.